The van der Waals surface area contributed by atoms with Gasteiger partial charge in [0.25, 0.3) is 0 Å². The van der Waals surface area contributed by atoms with E-state index in [2.05, 4.69) is 10.6 Å². The zero-order valence-electron chi connectivity index (χ0n) is 13.7. The Balaban J connectivity index is 1.82. The molecule has 22 heavy (non-hydrogen) atoms. The fourth-order valence-corrected chi connectivity index (χ4v) is 3.47. The van der Waals surface area contributed by atoms with Crippen molar-refractivity contribution in [3.8, 4) is 0 Å². The van der Waals surface area contributed by atoms with E-state index in [4.69, 9.17) is 9.47 Å². The first-order chi connectivity index (χ1) is 10.6. The first-order valence-corrected chi connectivity index (χ1v) is 8.28. The molecule has 6 nitrogen and oxygen atoms in total. The predicted octanol–water partition coefficient (Wildman–Crippen LogP) is 0.851. The molecule has 0 aromatic heterocycles. The molecule has 2 N–H and O–H groups in total. The molecule has 1 saturated carbocycles. The summed E-state index contributed by atoms with van der Waals surface area (Å²) in [6.45, 7) is 4.23. The van der Waals surface area contributed by atoms with E-state index in [1.807, 2.05) is 6.92 Å². The van der Waals surface area contributed by atoms with Gasteiger partial charge in [0.2, 0.25) is 5.91 Å². The molecule has 126 valence electrons. The lowest BCUT2D eigenvalue weighted by molar-refractivity contribution is -0.149. The van der Waals surface area contributed by atoms with E-state index < -0.39 is 5.41 Å². The van der Waals surface area contributed by atoms with Crippen molar-refractivity contribution in [1.82, 2.24) is 10.6 Å². The van der Waals surface area contributed by atoms with E-state index in [-0.39, 0.29) is 23.8 Å². The van der Waals surface area contributed by atoms with E-state index in [0.717, 1.165) is 38.6 Å². The zero-order chi connectivity index (χ0) is 16.0. The predicted molar refractivity (Wildman–Crippen MR) is 82.3 cm³/mol. The fraction of sp³-hybridized carbons (Fsp3) is 0.875. The maximum absolute atomic E-state index is 12.6. The number of hydrogen-bond donors (Lipinski definition) is 2. The zero-order valence-corrected chi connectivity index (χ0v) is 13.7. The van der Waals surface area contributed by atoms with Gasteiger partial charge in [-0.15, -0.1) is 0 Å². The summed E-state index contributed by atoms with van der Waals surface area (Å²) in [5.41, 5.74) is -0.438. The molecule has 1 atom stereocenters. The number of esters is 1. The van der Waals surface area contributed by atoms with Crippen LogP contribution in [0.25, 0.3) is 0 Å². The highest BCUT2D eigenvalue weighted by Crippen LogP contribution is 2.29. The number of amides is 1. The lowest BCUT2D eigenvalue weighted by Crippen LogP contribution is -2.50. The van der Waals surface area contributed by atoms with Gasteiger partial charge >= 0.3 is 5.97 Å². The first-order valence-electron chi connectivity index (χ1n) is 8.28. The van der Waals surface area contributed by atoms with Crippen molar-refractivity contribution in [2.24, 2.45) is 11.3 Å². The van der Waals surface area contributed by atoms with Gasteiger partial charge < -0.3 is 20.1 Å². The minimum atomic E-state index is -0.438. The number of methoxy groups -OCH3 is 1. The molecular formula is C16H28N2O4. The number of hydrogen-bond acceptors (Lipinski definition) is 5. The lowest BCUT2D eigenvalue weighted by atomic mass is 9.83. The third kappa shape index (κ3) is 3.98. The van der Waals surface area contributed by atoms with Gasteiger partial charge in [0, 0.05) is 19.7 Å². The van der Waals surface area contributed by atoms with E-state index in [0.29, 0.717) is 19.8 Å². The van der Waals surface area contributed by atoms with Crippen molar-refractivity contribution in [3.63, 3.8) is 0 Å². The summed E-state index contributed by atoms with van der Waals surface area (Å²) < 4.78 is 10.3. The molecule has 2 fully saturated rings. The van der Waals surface area contributed by atoms with Crippen LogP contribution in [0, 0.1) is 11.3 Å². The Bertz CT molecular complexity index is 386. The molecule has 0 spiro atoms. The fourth-order valence-electron chi connectivity index (χ4n) is 3.47. The molecular weight excluding hydrogens is 284 g/mol. The second kappa shape index (κ2) is 7.92. The van der Waals surface area contributed by atoms with Gasteiger partial charge in [0.15, 0.2) is 0 Å². The van der Waals surface area contributed by atoms with E-state index in [1.54, 1.807) is 7.11 Å². The second-order valence-electron chi connectivity index (χ2n) is 6.41. The van der Waals surface area contributed by atoms with Crippen LogP contribution in [-0.4, -0.2) is 51.3 Å². The molecule has 2 aliphatic rings. The smallest absolute Gasteiger partial charge is 0.308 e. The van der Waals surface area contributed by atoms with E-state index >= 15 is 0 Å². The van der Waals surface area contributed by atoms with Crippen LogP contribution in [0.3, 0.4) is 0 Å². The third-order valence-corrected chi connectivity index (χ3v) is 4.83. The Kier molecular flexibility index (Phi) is 6.20. The summed E-state index contributed by atoms with van der Waals surface area (Å²) >= 11 is 0. The van der Waals surface area contributed by atoms with Crippen LogP contribution in [0.4, 0.5) is 0 Å². The monoisotopic (exact) mass is 312 g/mol. The molecule has 1 amide bonds. The normalized spacial score (nSPS) is 31.7. The Morgan fingerprint density at radius 2 is 2.00 bits per heavy atom. The molecule has 1 saturated heterocycles. The minimum Gasteiger partial charge on any atom is -0.466 e. The highest BCUT2D eigenvalue weighted by Gasteiger charge is 2.42. The first kappa shape index (κ1) is 17.2. The van der Waals surface area contributed by atoms with Gasteiger partial charge in [-0.05, 0) is 45.6 Å². The highest BCUT2D eigenvalue weighted by atomic mass is 16.5. The number of rotatable bonds is 6. The van der Waals surface area contributed by atoms with Crippen LogP contribution >= 0.6 is 0 Å². The summed E-state index contributed by atoms with van der Waals surface area (Å²) in [5.74, 6) is -0.0174. The standard InChI is InChI=1S/C16H28N2O4/c1-3-22-14(19)12-4-6-13(7-5-12)18-15(20)16(11-21-2)8-9-17-10-16/h12-13,17H,3-11H2,1-2H3,(H,18,20). The Labute approximate surface area is 132 Å². The summed E-state index contributed by atoms with van der Waals surface area (Å²) in [6.07, 6.45) is 4.07. The maximum Gasteiger partial charge on any atom is 0.308 e. The number of nitrogens with one attached hydrogen (secondary N) is 2. The van der Waals surface area contributed by atoms with Crippen molar-refractivity contribution in [3.05, 3.63) is 0 Å². The van der Waals surface area contributed by atoms with Crippen LogP contribution in [0.5, 0.6) is 0 Å². The van der Waals surface area contributed by atoms with Crippen LogP contribution in [-0.2, 0) is 19.1 Å². The molecule has 6 heteroatoms. The molecule has 0 bridgehead atoms. The molecule has 1 aliphatic carbocycles. The van der Waals surface area contributed by atoms with E-state index in [1.165, 1.54) is 0 Å². The van der Waals surface area contributed by atoms with Gasteiger partial charge in [0.1, 0.15) is 0 Å². The molecule has 1 unspecified atom stereocenters. The Morgan fingerprint density at radius 1 is 1.27 bits per heavy atom. The SMILES string of the molecule is CCOC(=O)C1CCC(NC(=O)C2(COC)CCNC2)CC1. The van der Waals surface area contributed by atoms with Crippen LogP contribution < -0.4 is 10.6 Å². The Morgan fingerprint density at radius 3 is 2.55 bits per heavy atom. The van der Waals surface area contributed by atoms with Gasteiger partial charge in [-0.1, -0.05) is 0 Å². The molecule has 0 radical (unpaired) electrons. The summed E-state index contributed by atoms with van der Waals surface area (Å²) in [6, 6.07) is 0.160. The number of carbonyl (C=O) groups excluding carboxylic acids is 2. The number of ether oxygens (including phenoxy) is 2. The molecule has 0 aromatic rings. The van der Waals surface area contributed by atoms with Crippen molar-refractivity contribution in [2.75, 3.05) is 33.4 Å². The van der Waals surface area contributed by atoms with Gasteiger partial charge in [0.05, 0.1) is 24.5 Å². The van der Waals surface area contributed by atoms with Crippen LogP contribution in [0.2, 0.25) is 0 Å². The Hall–Kier alpha value is -1.14. The highest BCUT2D eigenvalue weighted by molar-refractivity contribution is 5.83. The molecule has 1 aliphatic heterocycles. The van der Waals surface area contributed by atoms with E-state index in [9.17, 15) is 9.59 Å². The van der Waals surface area contributed by atoms with Crippen LogP contribution in [0.15, 0.2) is 0 Å². The molecule has 2 rings (SSSR count). The summed E-state index contributed by atoms with van der Waals surface area (Å²) in [7, 11) is 1.64. The third-order valence-electron chi connectivity index (χ3n) is 4.83. The second-order valence-corrected chi connectivity index (χ2v) is 6.41. The molecule has 0 aromatic carbocycles. The van der Waals surface area contributed by atoms with Crippen molar-refractivity contribution in [1.29, 1.82) is 0 Å². The maximum atomic E-state index is 12.6. The van der Waals surface area contributed by atoms with Gasteiger partial charge in [-0.25, -0.2) is 0 Å². The largest absolute Gasteiger partial charge is 0.466 e. The quantitative estimate of drug-likeness (QED) is 0.711. The molecule has 1 heterocycles. The van der Waals surface area contributed by atoms with Gasteiger partial charge in [-0.3, -0.25) is 9.59 Å². The van der Waals surface area contributed by atoms with Gasteiger partial charge in [-0.2, -0.15) is 0 Å². The van der Waals surface area contributed by atoms with Crippen LogP contribution in [0.1, 0.15) is 39.0 Å². The minimum absolute atomic E-state index is 0.00538. The van der Waals surface area contributed by atoms with Crippen molar-refractivity contribution in [2.45, 2.75) is 45.1 Å². The number of carbonyl (C=O) groups is 2. The summed E-state index contributed by atoms with van der Waals surface area (Å²) in [5, 5.41) is 6.42. The van der Waals surface area contributed by atoms with Crippen molar-refractivity contribution >= 4 is 11.9 Å². The lowest BCUT2D eigenvalue weighted by Gasteiger charge is -2.32. The summed E-state index contributed by atoms with van der Waals surface area (Å²) in [4.78, 5) is 24.4. The topological polar surface area (TPSA) is 76.7 Å². The van der Waals surface area contributed by atoms with Crippen molar-refractivity contribution < 1.29 is 19.1 Å². The average molecular weight is 312 g/mol. The average Bonchev–Trinajstić information content (AvgIpc) is 2.98.